The van der Waals surface area contributed by atoms with Crippen LogP contribution in [0.4, 0.5) is 23.2 Å². The minimum atomic E-state index is -4.68. The van der Waals surface area contributed by atoms with Crippen LogP contribution in [0.25, 0.3) is 22.8 Å². The van der Waals surface area contributed by atoms with E-state index in [0.717, 1.165) is 49.3 Å². The Balaban J connectivity index is 1.60. The summed E-state index contributed by atoms with van der Waals surface area (Å²) in [6.07, 6.45) is -2.42. The van der Waals surface area contributed by atoms with Crippen molar-refractivity contribution in [2.24, 2.45) is 5.92 Å². The summed E-state index contributed by atoms with van der Waals surface area (Å²) in [7, 11) is 0. The lowest BCUT2D eigenvalue weighted by atomic mass is 9.98. The third kappa shape index (κ3) is 4.87. The van der Waals surface area contributed by atoms with Crippen molar-refractivity contribution in [1.29, 1.82) is 0 Å². The molecular formula is C23H23F4N3O2. The normalized spacial score (nSPS) is 15.2. The van der Waals surface area contributed by atoms with Crippen molar-refractivity contribution in [1.82, 2.24) is 10.1 Å². The molecule has 1 aliphatic heterocycles. The van der Waals surface area contributed by atoms with Crippen molar-refractivity contribution in [2.45, 2.75) is 25.9 Å². The van der Waals surface area contributed by atoms with Gasteiger partial charge in [0.05, 0.1) is 5.56 Å². The molecule has 0 atom stereocenters. The lowest BCUT2D eigenvalue weighted by molar-refractivity contribution is -0.138. The first-order chi connectivity index (χ1) is 15.3. The van der Waals surface area contributed by atoms with E-state index in [1.165, 1.54) is 6.07 Å². The Morgan fingerprint density at radius 1 is 1.09 bits per heavy atom. The van der Waals surface area contributed by atoms with Crippen LogP contribution in [-0.2, 0) is 6.18 Å². The summed E-state index contributed by atoms with van der Waals surface area (Å²) in [5, 5.41) is 3.96. The minimum absolute atomic E-state index is 0.0419. The number of aromatic nitrogens is 2. The van der Waals surface area contributed by atoms with Crippen molar-refractivity contribution >= 4 is 5.69 Å². The molecule has 1 fully saturated rings. The van der Waals surface area contributed by atoms with Gasteiger partial charge in [-0.3, -0.25) is 0 Å². The molecule has 0 aliphatic carbocycles. The number of piperidine rings is 1. The number of hydrogen-bond donors (Lipinski definition) is 0. The van der Waals surface area contributed by atoms with E-state index in [2.05, 4.69) is 22.0 Å². The van der Waals surface area contributed by atoms with Crippen LogP contribution < -0.4 is 9.64 Å². The van der Waals surface area contributed by atoms with Gasteiger partial charge < -0.3 is 14.2 Å². The number of halogens is 4. The summed E-state index contributed by atoms with van der Waals surface area (Å²) in [6, 6.07) is 11.1. The van der Waals surface area contributed by atoms with Gasteiger partial charge in [0.1, 0.15) is 19.0 Å². The van der Waals surface area contributed by atoms with Crippen LogP contribution in [0.5, 0.6) is 5.75 Å². The van der Waals surface area contributed by atoms with Gasteiger partial charge in [-0.1, -0.05) is 24.2 Å². The first-order valence-electron chi connectivity index (χ1n) is 10.4. The predicted molar refractivity (Wildman–Crippen MR) is 112 cm³/mol. The number of nitrogens with zero attached hydrogens (tertiary/aromatic N) is 3. The molecule has 0 saturated carbocycles. The van der Waals surface area contributed by atoms with Crippen LogP contribution in [-0.4, -0.2) is 36.5 Å². The Morgan fingerprint density at radius 2 is 1.88 bits per heavy atom. The van der Waals surface area contributed by atoms with Gasteiger partial charge in [-0.05, 0) is 49.1 Å². The number of alkyl halides is 4. The second-order valence-corrected chi connectivity index (χ2v) is 7.89. The Kier molecular flexibility index (Phi) is 6.34. The quantitative estimate of drug-likeness (QED) is 0.432. The standard InChI is InChI=1S/C23H23F4N3O2/c1-15-7-10-30(11-8-15)18-4-2-3-16(13-18)21-28-22(32-29-21)17-5-6-20(31-12-9-24)19(14-17)23(25,26)27/h2-6,13-15H,7-12H2,1H3. The van der Waals surface area contributed by atoms with Crippen LogP contribution in [0.15, 0.2) is 47.0 Å². The molecule has 1 aromatic heterocycles. The molecule has 0 amide bonds. The molecule has 4 rings (SSSR count). The highest BCUT2D eigenvalue weighted by atomic mass is 19.4. The SMILES string of the molecule is CC1CCN(c2cccc(-c3noc(-c4ccc(OCCF)c(C(F)(F)F)c4)n3)c2)CC1. The Bertz CT molecular complexity index is 1060. The Morgan fingerprint density at radius 3 is 2.59 bits per heavy atom. The van der Waals surface area contributed by atoms with E-state index in [1.807, 2.05) is 24.3 Å². The van der Waals surface area contributed by atoms with Gasteiger partial charge in [0.25, 0.3) is 5.89 Å². The molecule has 170 valence electrons. The molecule has 1 aliphatic rings. The first-order valence-corrected chi connectivity index (χ1v) is 10.4. The maximum Gasteiger partial charge on any atom is 0.419 e. The van der Waals surface area contributed by atoms with E-state index >= 15 is 0 Å². The van der Waals surface area contributed by atoms with Crippen molar-refractivity contribution in [3.05, 3.63) is 48.0 Å². The van der Waals surface area contributed by atoms with Crippen LogP contribution in [0.1, 0.15) is 25.3 Å². The lowest BCUT2D eigenvalue weighted by Gasteiger charge is -2.32. The highest BCUT2D eigenvalue weighted by Crippen LogP contribution is 2.39. The minimum Gasteiger partial charge on any atom is -0.490 e. The van der Waals surface area contributed by atoms with Crippen molar-refractivity contribution in [3.8, 4) is 28.6 Å². The van der Waals surface area contributed by atoms with Crippen LogP contribution in [0.3, 0.4) is 0 Å². The predicted octanol–water partition coefficient (Wildman–Crippen LogP) is 6.01. The maximum absolute atomic E-state index is 13.4. The molecule has 2 heterocycles. The van der Waals surface area contributed by atoms with Gasteiger partial charge in [-0.15, -0.1) is 0 Å². The van der Waals surface area contributed by atoms with Gasteiger partial charge in [-0.25, -0.2) is 4.39 Å². The number of ether oxygens (including phenoxy) is 1. The smallest absolute Gasteiger partial charge is 0.419 e. The molecule has 9 heteroatoms. The average molecular weight is 449 g/mol. The van der Waals surface area contributed by atoms with E-state index in [9.17, 15) is 17.6 Å². The Labute approximate surface area is 183 Å². The van der Waals surface area contributed by atoms with E-state index in [4.69, 9.17) is 9.26 Å². The zero-order chi connectivity index (χ0) is 22.7. The molecule has 0 radical (unpaired) electrons. The lowest BCUT2D eigenvalue weighted by Crippen LogP contribution is -2.32. The third-order valence-electron chi connectivity index (χ3n) is 5.55. The molecule has 0 unspecified atom stereocenters. The fraction of sp³-hybridized carbons (Fsp3) is 0.391. The first kappa shape index (κ1) is 22.1. The molecule has 0 bridgehead atoms. The van der Waals surface area contributed by atoms with E-state index < -0.39 is 30.8 Å². The molecular weight excluding hydrogens is 426 g/mol. The summed E-state index contributed by atoms with van der Waals surface area (Å²) >= 11 is 0. The second kappa shape index (κ2) is 9.18. The van der Waals surface area contributed by atoms with Crippen LogP contribution in [0.2, 0.25) is 0 Å². The van der Waals surface area contributed by atoms with E-state index in [0.29, 0.717) is 11.7 Å². The third-order valence-corrected chi connectivity index (χ3v) is 5.55. The largest absolute Gasteiger partial charge is 0.490 e. The topological polar surface area (TPSA) is 51.4 Å². The van der Waals surface area contributed by atoms with Gasteiger partial charge in [-0.2, -0.15) is 18.2 Å². The summed E-state index contributed by atoms with van der Waals surface area (Å²) < 4.78 is 62.8. The zero-order valence-corrected chi connectivity index (χ0v) is 17.5. The van der Waals surface area contributed by atoms with Crippen LogP contribution >= 0.6 is 0 Å². The van der Waals surface area contributed by atoms with Gasteiger partial charge in [0, 0.05) is 29.9 Å². The molecule has 1 saturated heterocycles. The van der Waals surface area contributed by atoms with Gasteiger partial charge in [0.15, 0.2) is 0 Å². The molecule has 3 aromatic rings. The molecule has 2 aromatic carbocycles. The van der Waals surface area contributed by atoms with Crippen molar-refractivity contribution < 1.29 is 26.8 Å². The number of rotatable bonds is 6. The molecule has 32 heavy (non-hydrogen) atoms. The van der Waals surface area contributed by atoms with Gasteiger partial charge >= 0.3 is 6.18 Å². The zero-order valence-electron chi connectivity index (χ0n) is 17.5. The van der Waals surface area contributed by atoms with Crippen molar-refractivity contribution in [2.75, 3.05) is 31.3 Å². The van der Waals surface area contributed by atoms with Crippen LogP contribution in [0, 0.1) is 5.92 Å². The van der Waals surface area contributed by atoms with Crippen molar-refractivity contribution in [3.63, 3.8) is 0 Å². The number of hydrogen-bond acceptors (Lipinski definition) is 5. The monoisotopic (exact) mass is 449 g/mol. The summed E-state index contributed by atoms with van der Waals surface area (Å²) in [4.78, 5) is 6.60. The summed E-state index contributed by atoms with van der Waals surface area (Å²) in [5.41, 5.74) is 0.846. The summed E-state index contributed by atoms with van der Waals surface area (Å²) in [6.45, 7) is 2.85. The second-order valence-electron chi connectivity index (χ2n) is 7.89. The highest BCUT2D eigenvalue weighted by molar-refractivity contribution is 5.65. The van der Waals surface area contributed by atoms with Gasteiger partial charge in [0.2, 0.25) is 5.82 Å². The van der Waals surface area contributed by atoms with E-state index in [-0.39, 0.29) is 11.5 Å². The maximum atomic E-state index is 13.4. The number of benzene rings is 2. The highest BCUT2D eigenvalue weighted by Gasteiger charge is 2.35. The average Bonchev–Trinajstić information content (AvgIpc) is 3.28. The fourth-order valence-corrected chi connectivity index (χ4v) is 3.73. The summed E-state index contributed by atoms with van der Waals surface area (Å²) in [5.74, 6) is 0.519. The molecule has 0 N–H and O–H groups in total. The fourth-order valence-electron chi connectivity index (χ4n) is 3.73. The Hall–Kier alpha value is -3.10. The van der Waals surface area contributed by atoms with E-state index in [1.54, 1.807) is 0 Å². The molecule has 5 nitrogen and oxygen atoms in total. The molecule has 0 spiro atoms. The number of anilines is 1.